The van der Waals surface area contributed by atoms with E-state index in [0.717, 1.165) is 69.0 Å². The Morgan fingerprint density at radius 2 is 1.90 bits per heavy atom. The minimum atomic E-state index is -3.96. The number of ether oxygens (including phenoxy) is 2. The number of hydrogen-bond acceptors (Lipinski definition) is 8. The van der Waals surface area contributed by atoms with Crippen LogP contribution in [0.15, 0.2) is 73.1 Å². The number of pyridine rings is 1. The zero-order valence-electron chi connectivity index (χ0n) is 30.1. The number of morpholine rings is 1. The molecule has 1 saturated heterocycles. The molecule has 1 N–H and O–H groups in total. The summed E-state index contributed by atoms with van der Waals surface area (Å²) < 4.78 is 43.2. The van der Waals surface area contributed by atoms with Crippen LogP contribution in [0.1, 0.15) is 73.0 Å². The third kappa shape index (κ3) is 6.76. The first kappa shape index (κ1) is 35.6. The molecule has 2 spiro atoms. The number of rotatable bonds is 2. The van der Waals surface area contributed by atoms with Crippen LogP contribution in [0, 0.1) is 17.8 Å². The summed E-state index contributed by atoms with van der Waals surface area (Å²) >= 11 is 6.50. The van der Waals surface area contributed by atoms with Gasteiger partial charge in [-0.3, -0.25) is 14.7 Å². The first-order chi connectivity index (χ1) is 25.0. The zero-order valence-corrected chi connectivity index (χ0v) is 31.7. The molecule has 2 aromatic carbocycles. The third-order valence-corrected chi connectivity index (χ3v) is 14.8. The molecule has 2 fully saturated rings. The van der Waals surface area contributed by atoms with Gasteiger partial charge in [-0.05, 0) is 122 Å². The number of fused-ring (bicyclic) bond motifs is 5. The molecule has 52 heavy (non-hydrogen) atoms. The van der Waals surface area contributed by atoms with Gasteiger partial charge in [0.1, 0.15) is 11.4 Å². The molecule has 5 aliphatic rings. The van der Waals surface area contributed by atoms with Crippen LogP contribution in [-0.2, 0) is 33.1 Å². The highest BCUT2D eigenvalue weighted by Gasteiger charge is 2.51. The predicted molar refractivity (Wildman–Crippen MR) is 203 cm³/mol. The van der Waals surface area contributed by atoms with Crippen LogP contribution in [0.25, 0.3) is 0 Å². The molecule has 9 nitrogen and oxygen atoms in total. The summed E-state index contributed by atoms with van der Waals surface area (Å²) in [5, 5.41) is -0.0358. The highest BCUT2D eigenvalue weighted by atomic mass is 35.5. The van der Waals surface area contributed by atoms with E-state index < -0.39 is 26.8 Å². The van der Waals surface area contributed by atoms with E-state index >= 15 is 0 Å². The van der Waals surface area contributed by atoms with Crippen LogP contribution < -0.4 is 14.4 Å². The number of aromatic nitrogens is 1. The van der Waals surface area contributed by atoms with Crippen LogP contribution >= 0.6 is 11.6 Å². The number of carbonyl (C=O) groups is 1. The second kappa shape index (κ2) is 14.1. The van der Waals surface area contributed by atoms with Crippen molar-refractivity contribution in [1.29, 1.82) is 0 Å². The largest absolute Gasteiger partial charge is 0.490 e. The Labute approximate surface area is 312 Å². The molecule has 276 valence electrons. The Morgan fingerprint density at radius 1 is 1.06 bits per heavy atom. The molecule has 3 aromatic rings. The number of anilines is 1. The lowest BCUT2D eigenvalue weighted by Crippen LogP contribution is -2.60. The van der Waals surface area contributed by atoms with E-state index in [1.807, 2.05) is 37.5 Å². The van der Waals surface area contributed by atoms with Gasteiger partial charge in [0.25, 0.3) is 5.91 Å². The maximum atomic E-state index is 13.6. The van der Waals surface area contributed by atoms with E-state index in [1.165, 1.54) is 16.7 Å². The number of halogens is 1. The number of nitrogens with zero attached hydrogens (tertiary/aromatic N) is 3. The summed E-state index contributed by atoms with van der Waals surface area (Å²) in [7, 11) is -3.96. The van der Waals surface area contributed by atoms with Gasteiger partial charge in [-0.25, -0.2) is 13.1 Å². The highest BCUT2D eigenvalue weighted by molar-refractivity contribution is 7.90. The summed E-state index contributed by atoms with van der Waals surface area (Å²) in [6, 6.07) is 15.8. The first-order valence-electron chi connectivity index (χ1n) is 18.8. The predicted octanol–water partition coefficient (Wildman–Crippen LogP) is 6.55. The second-order valence-electron chi connectivity index (χ2n) is 15.9. The molecule has 11 heteroatoms. The van der Waals surface area contributed by atoms with Crippen molar-refractivity contribution in [2.75, 3.05) is 44.3 Å². The van der Waals surface area contributed by atoms with Crippen molar-refractivity contribution in [1.82, 2.24) is 14.6 Å². The first-order valence-corrected chi connectivity index (χ1v) is 20.8. The minimum Gasteiger partial charge on any atom is -0.490 e. The Balaban J connectivity index is 1.20. The van der Waals surface area contributed by atoms with E-state index in [9.17, 15) is 13.2 Å². The van der Waals surface area contributed by atoms with Crippen LogP contribution in [0.3, 0.4) is 0 Å². The second-order valence-corrected chi connectivity index (χ2v) is 18.4. The molecule has 2 aliphatic carbocycles. The number of nitrogens with one attached hydrogen (secondary N) is 1. The molecular weight excluding hydrogens is 696 g/mol. The molecule has 3 aliphatic heterocycles. The van der Waals surface area contributed by atoms with Gasteiger partial charge in [-0.2, -0.15) is 0 Å². The van der Waals surface area contributed by atoms with Crippen molar-refractivity contribution in [3.8, 4) is 5.75 Å². The Morgan fingerprint density at radius 3 is 2.71 bits per heavy atom. The third-order valence-electron chi connectivity index (χ3n) is 12.6. The fourth-order valence-corrected chi connectivity index (χ4v) is 10.9. The van der Waals surface area contributed by atoms with E-state index in [1.54, 1.807) is 13.0 Å². The topological polar surface area (TPSA) is 101 Å². The fraction of sp³-hybridized carbons (Fsp3) is 0.512. The zero-order chi connectivity index (χ0) is 36.1. The minimum absolute atomic E-state index is 0.222. The van der Waals surface area contributed by atoms with Gasteiger partial charge in [-0.15, -0.1) is 0 Å². The summed E-state index contributed by atoms with van der Waals surface area (Å²) in [4.78, 5) is 22.8. The average molecular weight is 745 g/mol. The Hall–Kier alpha value is -3.44. The van der Waals surface area contributed by atoms with E-state index in [-0.39, 0.29) is 17.3 Å². The van der Waals surface area contributed by atoms with Gasteiger partial charge in [0.2, 0.25) is 10.0 Å². The maximum Gasteiger partial charge on any atom is 0.264 e. The molecule has 0 unspecified atom stereocenters. The molecule has 1 saturated carbocycles. The molecule has 4 heterocycles. The lowest BCUT2D eigenvalue weighted by molar-refractivity contribution is -0.146. The Bertz CT molecular complexity index is 1960. The van der Waals surface area contributed by atoms with E-state index in [4.69, 9.17) is 21.1 Å². The van der Waals surface area contributed by atoms with Crippen molar-refractivity contribution in [2.45, 2.75) is 75.2 Å². The number of aryl methyl sites for hydroxylation is 1. The quantitative estimate of drug-likeness (QED) is 0.295. The normalized spacial score (nSPS) is 32.4. The van der Waals surface area contributed by atoms with Crippen LogP contribution in [0.2, 0.25) is 5.02 Å². The number of amides is 1. The molecule has 2 bridgehead atoms. The molecule has 1 amide bonds. The molecule has 8 rings (SSSR count). The highest BCUT2D eigenvalue weighted by Crippen LogP contribution is 2.50. The van der Waals surface area contributed by atoms with Crippen molar-refractivity contribution in [3.63, 3.8) is 0 Å². The molecule has 0 radical (unpaired) electrons. The average Bonchev–Trinajstić information content (AvgIpc) is 3.26. The van der Waals surface area contributed by atoms with E-state index in [2.05, 4.69) is 55.9 Å². The lowest BCUT2D eigenvalue weighted by Gasteiger charge is -2.54. The number of sulfonamides is 1. The molecule has 6 atom stereocenters. The summed E-state index contributed by atoms with van der Waals surface area (Å²) in [5.74, 6) is 0.472. The van der Waals surface area contributed by atoms with Gasteiger partial charge in [-0.1, -0.05) is 36.7 Å². The van der Waals surface area contributed by atoms with Crippen LogP contribution in [0.4, 0.5) is 5.69 Å². The number of benzene rings is 2. The van der Waals surface area contributed by atoms with Gasteiger partial charge in [0.05, 0.1) is 24.2 Å². The van der Waals surface area contributed by atoms with Crippen molar-refractivity contribution >= 4 is 33.2 Å². The van der Waals surface area contributed by atoms with Crippen molar-refractivity contribution < 1.29 is 22.7 Å². The number of carbonyl (C=O) groups excluding carboxylic acids is 1. The SMILES string of the molecule is C[C@@H]1[C@@H](C)C/C=C/[C@]2(CN(Cc3ccncc3)CCO2)[C@@H]2CC[C@H]2CN2C[C@@]3(CCCc4cc(Cl)ccc43)COc3ccc(cc32)C(=O)NS1(=O)=O. The smallest absolute Gasteiger partial charge is 0.264 e. The number of allylic oxidation sites excluding steroid dienone is 1. The van der Waals surface area contributed by atoms with Crippen molar-refractivity contribution in [2.24, 2.45) is 17.8 Å². The summed E-state index contributed by atoms with van der Waals surface area (Å²) in [5.41, 5.74) is 4.12. The molecular formula is C41H49ClN4O5S. The summed E-state index contributed by atoms with van der Waals surface area (Å²) in [6.45, 7) is 8.65. The van der Waals surface area contributed by atoms with Gasteiger partial charge >= 0.3 is 0 Å². The van der Waals surface area contributed by atoms with E-state index in [0.29, 0.717) is 43.4 Å². The van der Waals surface area contributed by atoms with Crippen LogP contribution in [-0.4, -0.2) is 74.5 Å². The van der Waals surface area contributed by atoms with Gasteiger partial charge in [0, 0.05) is 61.1 Å². The molecule has 1 aromatic heterocycles. The summed E-state index contributed by atoms with van der Waals surface area (Å²) in [6.07, 6.45) is 13.7. The monoisotopic (exact) mass is 744 g/mol. The van der Waals surface area contributed by atoms with Crippen LogP contribution in [0.5, 0.6) is 5.75 Å². The maximum absolute atomic E-state index is 13.6. The van der Waals surface area contributed by atoms with Crippen molar-refractivity contribution in [3.05, 3.63) is 100 Å². The lowest BCUT2D eigenvalue weighted by atomic mass is 9.63. The van der Waals surface area contributed by atoms with Gasteiger partial charge in [0.15, 0.2) is 0 Å². The van der Waals surface area contributed by atoms with Gasteiger partial charge < -0.3 is 14.4 Å². The standard InChI is InChI=1S/C41H49ClN4O5S/c1-28-5-3-16-41(26-45(19-20-51-41)23-30-13-17-43-18-14-30)36-10-7-33(36)24-46-25-40(15-4-6-31-21-34(42)9-11-35(31)40)27-50-38-12-8-32(22-37(38)46)39(47)44-52(48,49)29(28)2/h3,8-9,11-14,16-18,21-22,28-29,33,36H,4-7,10,15,19-20,23-27H2,1-2H3,(H,44,47)/b16-3+/t28-,29+,33-,36+,40-,41-/m0/s1. The fourth-order valence-electron chi connectivity index (χ4n) is 9.40. The Kier molecular flexibility index (Phi) is 9.64. The number of hydrogen-bond donors (Lipinski definition) is 1.